The van der Waals surface area contributed by atoms with E-state index in [1.165, 1.54) is 7.11 Å². The third-order valence-corrected chi connectivity index (χ3v) is 2.95. The number of carbonyl (C=O) groups excluding carboxylic acids is 1. The van der Waals surface area contributed by atoms with E-state index in [-0.39, 0.29) is 5.97 Å². The summed E-state index contributed by atoms with van der Waals surface area (Å²) in [4.78, 5) is 15.7. The fourth-order valence-corrected chi connectivity index (χ4v) is 2.04. The Morgan fingerprint density at radius 3 is 2.71 bits per heavy atom. The number of methoxy groups -OCH3 is 1. The van der Waals surface area contributed by atoms with Crippen LogP contribution in [0.15, 0.2) is 41.4 Å². The van der Waals surface area contributed by atoms with E-state index in [4.69, 9.17) is 4.74 Å². The van der Waals surface area contributed by atoms with Crippen LogP contribution in [-0.2, 0) is 9.53 Å². The van der Waals surface area contributed by atoms with E-state index in [0.717, 1.165) is 11.1 Å². The highest BCUT2D eigenvalue weighted by atomic mass is 32.1. The van der Waals surface area contributed by atoms with Crippen LogP contribution in [-0.4, -0.2) is 18.1 Å². The van der Waals surface area contributed by atoms with E-state index in [9.17, 15) is 4.79 Å². The van der Waals surface area contributed by atoms with Crippen LogP contribution in [0.25, 0.3) is 11.6 Å². The first-order chi connectivity index (χ1) is 8.31. The number of hydrogen-bond donors (Lipinski definition) is 0. The molecule has 0 aromatic carbocycles. The second kappa shape index (κ2) is 5.41. The second-order valence-corrected chi connectivity index (χ2v) is 4.12. The van der Waals surface area contributed by atoms with Gasteiger partial charge in [0.05, 0.1) is 12.7 Å². The lowest BCUT2D eigenvalue weighted by Crippen LogP contribution is -2.03. The Hall–Kier alpha value is -1.94. The number of rotatable bonds is 3. The Bertz CT molecular complexity index is 518. The number of nitrogens with zero attached hydrogens (tertiary/aromatic N) is 1. The molecule has 2 aromatic rings. The summed E-state index contributed by atoms with van der Waals surface area (Å²) in [5, 5.41) is 3.94. The minimum atomic E-state index is -0.345. The normalized spacial score (nSPS) is 11.2. The van der Waals surface area contributed by atoms with Gasteiger partial charge in [-0.2, -0.15) is 11.3 Å². The smallest absolute Gasteiger partial charge is 0.338 e. The van der Waals surface area contributed by atoms with Crippen molar-refractivity contribution in [2.24, 2.45) is 0 Å². The number of hydrogen-bond acceptors (Lipinski definition) is 4. The molecule has 0 N–H and O–H groups in total. The summed E-state index contributed by atoms with van der Waals surface area (Å²) < 4.78 is 4.79. The molecule has 2 rings (SSSR count). The molecule has 2 heterocycles. The van der Waals surface area contributed by atoms with Crippen LogP contribution in [0.1, 0.15) is 11.1 Å². The third kappa shape index (κ3) is 2.79. The molecule has 2 aromatic heterocycles. The number of pyridine rings is 1. The van der Waals surface area contributed by atoms with Gasteiger partial charge >= 0.3 is 5.97 Å². The maximum Gasteiger partial charge on any atom is 0.338 e. The maximum atomic E-state index is 11.7. The predicted octanol–water partition coefficient (Wildman–Crippen LogP) is 2.86. The molecule has 0 aliphatic carbocycles. The van der Waals surface area contributed by atoms with Crippen molar-refractivity contribution >= 4 is 29.0 Å². The van der Waals surface area contributed by atoms with E-state index in [2.05, 4.69) is 4.98 Å². The second-order valence-electron chi connectivity index (χ2n) is 3.34. The summed E-state index contributed by atoms with van der Waals surface area (Å²) in [6.07, 6.45) is 5.12. The zero-order valence-corrected chi connectivity index (χ0v) is 10.1. The van der Waals surface area contributed by atoms with Gasteiger partial charge in [0, 0.05) is 12.4 Å². The van der Waals surface area contributed by atoms with Crippen LogP contribution in [0.5, 0.6) is 0 Å². The van der Waals surface area contributed by atoms with Crippen molar-refractivity contribution in [1.82, 2.24) is 4.98 Å². The molecular formula is C13H11NO2S. The van der Waals surface area contributed by atoms with Crippen molar-refractivity contribution in [3.05, 3.63) is 52.5 Å². The molecule has 0 spiro atoms. The fraction of sp³-hybridized carbons (Fsp3) is 0.0769. The summed E-state index contributed by atoms with van der Waals surface area (Å²) in [6.45, 7) is 0. The van der Waals surface area contributed by atoms with E-state index in [1.807, 2.05) is 22.9 Å². The van der Waals surface area contributed by atoms with Crippen LogP contribution in [0.2, 0.25) is 0 Å². The Labute approximate surface area is 103 Å². The molecule has 0 amide bonds. The Kier molecular flexibility index (Phi) is 3.67. The van der Waals surface area contributed by atoms with E-state index in [1.54, 1.807) is 35.9 Å². The summed E-state index contributed by atoms with van der Waals surface area (Å²) in [7, 11) is 1.38. The lowest BCUT2D eigenvalue weighted by Gasteiger charge is -2.04. The molecule has 4 heteroatoms. The molecule has 0 aliphatic heterocycles. The Morgan fingerprint density at radius 2 is 2.12 bits per heavy atom. The molecular weight excluding hydrogens is 234 g/mol. The number of ether oxygens (including phenoxy) is 1. The van der Waals surface area contributed by atoms with Gasteiger partial charge in [-0.1, -0.05) is 0 Å². The molecule has 3 nitrogen and oxygen atoms in total. The molecule has 0 unspecified atom stereocenters. The zero-order chi connectivity index (χ0) is 12.1. The van der Waals surface area contributed by atoms with E-state index in [0.29, 0.717) is 5.57 Å². The van der Waals surface area contributed by atoms with Crippen LogP contribution < -0.4 is 0 Å². The van der Waals surface area contributed by atoms with Crippen LogP contribution >= 0.6 is 11.3 Å². The molecule has 0 saturated heterocycles. The standard InChI is InChI=1S/C13H11NO2S/c1-16-13(15)12(8-10-4-7-17-9-10)11-2-5-14-6-3-11/h2-9H,1H3/b12-8+. The van der Waals surface area contributed by atoms with E-state index < -0.39 is 0 Å². The van der Waals surface area contributed by atoms with Crippen molar-refractivity contribution in [2.75, 3.05) is 7.11 Å². The quantitative estimate of drug-likeness (QED) is 0.616. The molecule has 0 radical (unpaired) electrons. The van der Waals surface area contributed by atoms with Gasteiger partial charge in [-0.25, -0.2) is 4.79 Å². The summed E-state index contributed by atoms with van der Waals surface area (Å²) in [5.74, 6) is -0.345. The fourth-order valence-electron chi connectivity index (χ4n) is 1.43. The highest BCUT2D eigenvalue weighted by molar-refractivity contribution is 7.08. The predicted molar refractivity (Wildman–Crippen MR) is 68.4 cm³/mol. The molecule has 17 heavy (non-hydrogen) atoms. The molecule has 0 saturated carbocycles. The molecule has 0 fully saturated rings. The number of carbonyl (C=O) groups is 1. The van der Waals surface area contributed by atoms with Crippen molar-refractivity contribution in [3.8, 4) is 0 Å². The van der Waals surface area contributed by atoms with Gasteiger partial charge in [-0.15, -0.1) is 0 Å². The number of esters is 1. The van der Waals surface area contributed by atoms with Crippen LogP contribution in [0, 0.1) is 0 Å². The molecule has 86 valence electrons. The Balaban J connectivity index is 2.43. The molecule has 0 aliphatic rings. The lowest BCUT2D eigenvalue weighted by molar-refractivity contribution is -0.133. The van der Waals surface area contributed by atoms with Gasteiger partial charge in [-0.3, -0.25) is 4.98 Å². The maximum absolute atomic E-state index is 11.7. The monoisotopic (exact) mass is 245 g/mol. The largest absolute Gasteiger partial charge is 0.465 e. The average molecular weight is 245 g/mol. The number of aromatic nitrogens is 1. The van der Waals surface area contributed by atoms with Gasteiger partial charge in [-0.05, 0) is 46.2 Å². The minimum absolute atomic E-state index is 0.345. The summed E-state index contributed by atoms with van der Waals surface area (Å²) in [5.41, 5.74) is 2.33. The topological polar surface area (TPSA) is 39.2 Å². The first kappa shape index (κ1) is 11.5. The third-order valence-electron chi connectivity index (χ3n) is 2.25. The Morgan fingerprint density at radius 1 is 1.35 bits per heavy atom. The van der Waals surface area contributed by atoms with Gasteiger partial charge in [0.25, 0.3) is 0 Å². The van der Waals surface area contributed by atoms with Crippen molar-refractivity contribution in [1.29, 1.82) is 0 Å². The summed E-state index contributed by atoms with van der Waals surface area (Å²) >= 11 is 1.59. The van der Waals surface area contributed by atoms with Gasteiger partial charge in [0.2, 0.25) is 0 Å². The highest BCUT2D eigenvalue weighted by Gasteiger charge is 2.12. The van der Waals surface area contributed by atoms with Gasteiger partial charge in [0.1, 0.15) is 0 Å². The lowest BCUT2D eigenvalue weighted by atomic mass is 10.1. The van der Waals surface area contributed by atoms with Gasteiger partial charge < -0.3 is 4.74 Å². The highest BCUT2D eigenvalue weighted by Crippen LogP contribution is 2.20. The van der Waals surface area contributed by atoms with Crippen LogP contribution in [0.3, 0.4) is 0 Å². The zero-order valence-electron chi connectivity index (χ0n) is 9.29. The van der Waals surface area contributed by atoms with Crippen molar-refractivity contribution in [3.63, 3.8) is 0 Å². The van der Waals surface area contributed by atoms with Crippen LogP contribution in [0.4, 0.5) is 0 Å². The van der Waals surface area contributed by atoms with Gasteiger partial charge in [0.15, 0.2) is 0 Å². The average Bonchev–Trinajstić information content (AvgIpc) is 2.89. The first-order valence-corrected chi connectivity index (χ1v) is 5.98. The molecule has 0 atom stereocenters. The number of thiophene rings is 1. The van der Waals surface area contributed by atoms with E-state index >= 15 is 0 Å². The first-order valence-electron chi connectivity index (χ1n) is 5.04. The SMILES string of the molecule is COC(=O)/C(=C/c1ccsc1)c1ccncc1. The van der Waals surface area contributed by atoms with Crippen molar-refractivity contribution < 1.29 is 9.53 Å². The van der Waals surface area contributed by atoms with Crippen molar-refractivity contribution in [2.45, 2.75) is 0 Å². The minimum Gasteiger partial charge on any atom is -0.465 e. The summed E-state index contributed by atoms with van der Waals surface area (Å²) in [6, 6.07) is 5.53. The molecule has 0 bridgehead atoms.